The predicted molar refractivity (Wildman–Crippen MR) is 87.9 cm³/mol. The van der Waals surface area contributed by atoms with Gasteiger partial charge in [-0.15, -0.1) is 0 Å². The summed E-state index contributed by atoms with van der Waals surface area (Å²) in [5.41, 5.74) is 2.00. The van der Waals surface area contributed by atoms with Crippen molar-refractivity contribution >= 4 is 5.78 Å². The van der Waals surface area contributed by atoms with Crippen LogP contribution in [0.4, 0.5) is 0 Å². The summed E-state index contributed by atoms with van der Waals surface area (Å²) in [5.74, 6) is 0.225. The number of nitrogens with zero attached hydrogens (tertiary/aromatic N) is 1. The molecule has 118 valence electrons. The Morgan fingerprint density at radius 3 is 2.29 bits per heavy atom. The quantitative estimate of drug-likeness (QED) is 0.616. The Bertz CT molecular complexity index is 410. The smallest absolute Gasteiger partial charge is 0.164 e. The Balaban J connectivity index is 2.58. The fourth-order valence-corrected chi connectivity index (χ4v) is 2.62. The Morgan fingerprint density at radius 1 is 1.14 bits per heavy atom. The maximum absolute atomic E-state index is 12.3. The second kappa shape index (κ2) is 9.69. The van der Waals surface area contributed by atoms with Crippen molar-refractivity contribution in [3.63, 3.8) is 0 Å². The maximum Gasteiger partial charge on any atom is 0.164 e. The number of carbonyl (C=O) groups is 1. The number of carbonyl (C=O) groups excluding carboxylic acids is 1. The van der Waals surface area contributed by atoms with E-state index in [4.69, 9.17) is 4.74 Å². The van der Waals surface area contributed by atoms with Gasteiger partial charge in [-0.1, -0.05) is 43.7 Å². The second-order valence-electron chi connectivity index (χ2n) is 5.54. The van der Waals surface area contributed by atoms with E-state index < -0.39 is 0 Å². The van der Waals surface area contributed by atoms with Crippen molar-refractivity contribution in [3.8, 4) is 0 Å². The van der Waals surface area contributed by atoms with E-state index >= 15 is 0 Å². The van der Waals surface area contributed by atoms with Crippen molar-refractivity contribution < 1.29 is 9.53 Å². The lowest BCUT2D eigenvalue weighted by Gasteiger charge is -2.30. The fraction of sp³-hybridized carbons (Fsp3) is 0.611. The van der Waals surface area contributed by atoms with Crippen LogP contribution < -0.4 is 0 Å². The SMILES string of the molecule is CCC(CC)N(CCOC)CCC(=O)c1ccc(C)cc1. The van der Waals surface area contributed by atoms with Gasteiger partial charge in [0.25, 0.3) is 0 Å². The standard InChI is InChI=1S/C18H29NO2/c1-5-17(6-2)19(13-14-21-4)12-11-18(20)16-9-7-15(3)8-10-16/h7-10,17H,5-6,11-14H2,1-4H3. The molecule has 0 aliphatic carbocycles. The Morgan fingerprint density at radius 2 is 1.76 bits per heavy atom. The molecule has 0 unspecified atom stereocenters. The molecule has 0 atom stereocenters. The van der Waals surface area contributed by atoms with Crippen LogP contribution in [-0.4, -0.2) is 43.5 Å². The monoisotopic (exact) mass is 291 g/mol. The first-order chi connectivity index (χ1) is 10.1. The molecule has 0 bridgehead atoms. The molecule has 3 heteroatoms. The topological polar surface area (TPSA) is 29.5 Å². The molecular formula is C18H29NO2. The highest BCUT2D eigenvalue weighted by Crippen LogP contribution is 2.11. The molecule has 21 heavy (non-hydrogen) atoms. The van der Waals surface area contributed by atoms with E-state index in [1.165, 1.54) is 5.56 Å². The van der Waals surface area contributed by atoms with Crippen LogP contribution in [0.3, 0.4) is 0 Å². The summed E-state index contributed by atoms with van der Waals surface area (Å²) >= 11 is 0. The third kappa shape index (κ3) is 5.98. The van der Waals surface area contributed by atoms with Gasteiger partial charge in [0, 0.05) is 38.2 Å². The number of rotatable bonds is 10. The highest BCUT2D eigenvalue weighted by molar-refractivity contribution is 5.96. The highest BCUT2D eigenvalue weighted by atomic mass is 16.5. The first-order valence-electron chi connectivity index (χ1n) is 7.95. The first kappa shape index (κ1) is 17.9. The molecule has 0 aliphatic rings. The van der Waals surface area contributed by atoms with E-state index in [2.05, 4.69) is 18.7 Å². The van der Waals surface area contributed by atoms with Crippen molar-refractivity contribution in [2.45, 2.75) is 46.1 Å². The summed E-state index contributed by atoms with van der Waals surface area (Å²) in [4.78, 5) is 14.7. The van der Waals surface area contributed by atoms with Crippen LogP contribution in [0, 0.1) is 6.92 Å². The lowest BCUT2D eigenvalue weighted by atomic mass is 10.0. The lowest BCUT2D eigenvalue weighted by molar-refractivity contribution is 0.0898. The maximum atomic E-state index is 12.3. The van der Waals surface area contributed by atoms with Crippen LogP contribution >= 0.6 is 0 Å². The summed E-state index contributed by atoms with van der Waals surface area (Å²) in [5, 5.41) is 0. The van der Waals surface area contributed by atoms with Gasteiger partial charge in [-0.25, -0.2) is 0 Å². The number of aryl methyl sites for hydroxylation is 1. The predicted octanol–water partition coefficient (Wildman–Crippen LogP) is 3.70. The normalized spacial score (nSPS) is 11.3. The Kier molecular flexibility index (Phi) is 8.24. The number of benzene rings is 1. The molecule has 1 aromatic carbocycles. The van der Waals surface area contributed by atoms with Crippen LogP contribution in [0.2, 0.25) is 0 Å². The third-order valence-corrected chi connectivity index (χ3v) is 4.04. The minimum absolute atomic E-state index is 0.225. The zero-order valence-electron chi connectivity index (χ0n) is 13.9. The molecule has 0 aromatic heterocycles. The molecule has 0 saturated carbocycles. The van der Waals surface area contributed by atoms with Crippen molar-refractivity contribution in [3.05, 3.63) is 35.4 Å². The van der Waals surface area contributed by atoms with E-state index in [1.54, 1.807) is 7.11 Å². The summed E-state index contributed by atoms with van der Waals surface area (Å²) in [7, 11) is 1.72. The van der Waals surface area contributed by atoms with Gasteiger partial charge in [0.2, 0.25) is 0 Å². The summed E-state index contributed by atoms with van der Waals surface area (Å²) in [6.45, 7) is 8.86. The van der Waals surface area contributed by atoms with Gasteiger partial charge in [0.1, 0.15) is 0 Å². The van der Waals surface area contributed by atoms with E-state index in [0.717, 1.165) is 38.1 Å². The highest BCUT2D eigenvalue weighted by Gasteiger charge is 2.16. The van der Waals surface area contributed by atoms with E-state index in [9.17, 15) is 4.79 Å². The molecule has 0 heterocycles. The minimum atomic E-state index is 0.225. The number of hydrogen-bond donors (Lipinski definition) is 0. The minimum Gasteiger partial charge on any atom is -0.383 e. The van der Waals surface area contributed by atoms with Gasteiger partial charge in [0.05, 0.1) is 6.61 Å². The van der Waals surface area contributed by atoms with E-state index in [-0.39, 0.29) is 5.78 Å². The summed E-state index contributed by atoms with van der Waals surface area (Å²) in [6, 6.07) is 8.38. The van der Waals surface area contributed by atoms with Gasteiger partial charge < -0.3 is 4.74 Å². The van der Waals surface area contributed by atoms with Crippen LogP contribution in [0.5, 0.6) is 0 Å². The molecular weight excluding hydrogens is 262 g/mol. The van der Waals surface area contributed by atoms with Crippen LogP contribution in [0.1, 0.15) is 49.0 Å². The molecule has 0 amide bonds. The zero-order chi connectivity index (χ0) is 15.7. The summed E-state index contributed by atoms with van der Waals surface area (Å²) in [6.07, 6.45) is 2.79. The Labute approximate surface area is 129 Å². The molecule has 0 fully saturated rings. The largest absolute Gasteiger partial charge is 0.383 e. The molecule has 0 saturated heterocycles. The molecule has 0 N–H and O–H groups in total. The van der Waals surface area contributed by atoms with Gasteiger partial charge in [0.15, 0.2) is 5.78 Å². The number of ketones is 1. The number of hydrogen-bond acceptors (Lipinski definition) is 3. The number of ether oxygens (including phenoxy) is 1. The van der Waals surface area contributed by atoms with Gasteiger partial charge >= 0.3 is 0 Å². The average Bonchev–Trinajstić information content (AvgIpc) is 2.50. The van der Waals surface area contributed by atoms with Crippen LogP contribution in [0.25, 0.3) is 0 Å². The zero-order valence-corrected chi connectivity index (χ0v) is 13.9. The van der Waals surface area contributed by atoms with Crippen molar-refractivity contribution in [1.82, 2.24) is 4.90 Å². The molecule has 0 radical (unpaired) electrons. The second-order valence-corrected chi connectivity index (χ2v) is 5.54. The van der Waals surface area contributed by atoms with Crippen LogP contribution in [0.15, 0.2) is 24.3 Å². The first-order valence-corrected chi connectivity index (χ1v) is 7.95. The summed E-state index contributed by atoms with van der Waals surface area (Å²) < 4.78 is 5.19. The van der Waals surface area contributed by atoms with Gasteiger partial charge in [-0.2, -0.15) is 0 Å². The third-order valence-electron chi connectivity index (χ3n) is 4.04. The average molecular weight is 291 g/mol. The molecule has 1 rings (SSSR count). The lowest BCUT2D eigenvalue weighted by Crippen LogP contribution is -2.38. The molecule has 0 aliphatic heterocycles. The van der Waals surface area contributed by atoms with Crippen molar-refractivity contribution in [1.29, 1.82) is 0 Å². The van der Waals surface area contributed by atoms with Crippen molar-refractivity contribution in [2.75, 3.05) is 26.8 Å². The van der Waals surface area contributed by atoms with E-state index in [0.29, 0.717) is 12.5 Å². The molecule has 1 aromatic rings. The number of Topliss-reactive ketones (excluding diaryl/α,β-unsaturated/α-hetero) is 1. The van der Waals surface area contributed by atoms with Crippen LogP contribution in [-0.2, 0) is 4.74 Å². The van der Waals surface area contributed by atoms with E-state index in [1.807, 2.05) is 31.2 Å². The molecule has 3 nitrogen and oxygen atoms in total. The number of methoxy groups -OCH3 is 1. The van der Waals surface area contributed by atoms with Gasteiger partial charge in [-0.05, 0) is 19.8 Å². The van der Waals surface area contributed by atoms with Crippen molar-refractivity contribution in [2.24, 2.45) is 0 Å². The Hall–Kier alpha value is -1.19. The molecule has 0 spiro atoms. The fourth-order valence-electron chi connectivity index (χ4n) is 2.62. The van der Waals surface area contributed by atoms with Gasteiger partial charge in [-0.3, -0.25) is 9.69 Å².